The van der Waals surface area contributed by atoms with Crippen LogP contribution >= 0.6 is 0 Å². The van der Waals surface area contributed by atoms with E-state index in [9.17, 15) is 39.3 Å². The Morgan fingerprint density at radius 2 is 1.84 bits per heavy atom. The van der Waals surface area contributed by atoms with Gasteiger partial charge < -0.3 is 40.8 Å². The summed E-state index contributed by atoms with van der Waals surface area (Å²) >= 11 is 0. The van der Waals surface area contributed by atoms with Crippen molar-refractivity contribution < 1.29 is 44.0 Å². The van der Waals surface area contributed by atoms with Crippen molar-refractivity contribution in [2.45, 2.75) is 110 Å². The number of rotatable bonds is 11. The molecule has 308 valence electrons. The van der Waals surface area contributed by atoms with Crippen LogP contribution in [0.15, 0.2) is 72.9 Å². The molecule has 1 aromatic carbocycles. The maximum atomic E-state index is 14.3. The molecule has 2 aliphatic rings. The number of carbonyl (C=O) groups excluding carboxylic acids is 5. The number of ketones is 1. The van der Waals surface area contributed by atoms with E-state index in [1.165, 1.54) is 30.1 Å². The van der Waals surface area contributed by atoms with Crippen molar-refractivity contribution in [2.75, 3.05) is 19.6 Å². The lowest BCUT2D eigenvalue weighted by Crippen LogP contribution is -2.62. The van der Waals surface area contributed by atoms with E-state index in [0.29, 0.717) is 37.9 Å². The Balaban J connectivity index is 2.06. The van der Waals surface area contributed by atoms with Gasteiger partial charge >= 0.3 is 5.97 Å². The van der Waals surface area contributed by atoms with Crippen LogP contribution < -0.4 is 21.4 Å². The minimum atomic E-state index is -1.39. The summed E-state index contributed by atoms with van der Waals surface area (Å²) in [5, 5.41) is 42.7. The predicted molar refractivity (Wildman–Crippen MR) is 213 cm³/mol. The minimum absolute atomic E-state index is 0.0106. The zero-order chi connectivity index (χ0) is 41.4. The number of hydrogen-bond donors (Lipinski definition) is 7. The number of aliphatic hydroxyl groups excluding tert-OH is 2. The largest absolute Gasteiger partial charge is 0.508 e. The Kier molecular flexibility index (Phi) is 18.6. The number of aromatic hydroxyl groups is 1. The van der Waals surface area contributed by atoms with Crippen molar-refractivity contribution in [3.05, 3.63) is 78.4 Å². The highest BCUT2D eigenvalue weighted by Gasteiger charge is 2.38. The summed E-state index contributed by atoms with van der Waals surface area (Å²) in [5.41, 5.74) is 4.37. The van der Waals surface area contributed by atoms with Gasteiger partial charge in [0.2, 0.25) is 11.8 Å². The van der Waals surface area contributed by atoms with Gasteiger partial charge in [0.25, 0.3) is 5.91 Å². The van der Waals surface area contributed by atoms with E-state index in [0.717, 1.165) is 5.57 Å². The van der Waals surface area contributed by atoms with Crippen LogP contribution in [0.25, 0.3) is 0 Å². The summed E-state index contributed by atoms with van der Waals surface area (Å²) in [4.78, 5) is 67.9. The lowest BCUT2D eigenvalue weighted by atomic mass is 9.84. The Bertz CT molecular complexity index is 1610. The van der Waals surface area contributed by atoms with Crippen molar-refractivity contribution in [3.63, 3.8) is 0 Å². The van der Waals surface area contributed by atoms with Gasteiger partial charge in [-0.05, 0) is 62.3 Å². The molecule has 14 heteroatoms. The number of fused-ring (bicyclic) bond motifs is 2. The van der Waals surface area contributed by atoms with E-state index < -0.39 is 77.9 Å². The van der Waals surface area contributed by atoms with Crippen LogP contribution in [0.2, 0.25) is 0 Å². The number of esters is 1. The quantitative estimate of drug-likeness (QED) is 0.0988. The third-order valence-corrected chi connectivity index (χ3v) is 10.1. The van der Waals surface area contributed by atoms with E-state index in [-0.39, 0.29) is 37.3 Å². The van der Waals surface area contributed by atoms with Crippen molar-refractivity contribution >= 4 is 29.5 Å². The average molecular weight is 780 g/mol. The summed E-state index contributed by atoms with van der Waals surface area (Å²) in [6, 6.07) is 3.08. The third-order valence-electron chi connectivity index (χ3n) is 10.1. The maximum absolute atomic E-state index is 14.3. The second-order valence-electron chi connectivity index (χ2n) is 15.0. The molecule has 1 unspecified atom stereocenters. The second-order valence-corrected chi connectivity index (χ2v) is 15.0. The van der Waals surface area contributed by atoms with Crippen molar-refractivity contribution in [1.82, 2.24) is 26.4 Å². The molecule has 0 aliphatic carbocycles. The minimum Gasteiger partial charge on any atom is -0.508 e. The number of ether oxygens (including phenoxy) is 1. The molecule has 0 spiro atoms. The third kappa shape index (κ3) is 14.1. The number of amides is 3. The van der Waals surface area contributed by atoms with Gasteiger partial charge in [-0.3, -0.25) is 24.2 Å². The van der Waals surface area contributed by atoms with Gasteiger partial charge in [-0.25, -0.2) is 5.43 Å². The molecule has 2 heterocycles. The molecule has 2 aliphatic heterocycles. The Morgan fingerprint density at radius 3 is 2.52 bits per heavy atom. The number of hydrogen-bond acceptors (Lipinski definition) is 11. The lowest BCUT2D eigenvalue weighted by molar-refractivity contribution is -0.156. The van der Waals surface area contributed by atoms with Gasteiger partial charge in [-0.15, -0.1) is 6.58 Å². The number of hydrazine groups is 1. The Hall–Kier alpha value is -4.63. The number of carbonyl (C=O) groups is 5. The number of aliphatic hydroxyl groups is 2. The summed E-state index contributed by atoms with van der Waals surface area (Å²) in [5.74, 6) is -5.13. The summed E-state index contributed by atoms with van der Waals surface area (Å²) in [7, 11) is 0. The molecule has 1 aromatic rings. The molecule has 0 saturated carbocycles. The molecule has 0 aromatic heterocycles. The average Bonchev–Trinajstić information content (AvgIpc) is 3.16. The van der Waals surface area contributed by atoms with Crippen LogP contribution in [0.5, 0.6) is 5.75 Å². The molecular formula is C42H61N5O9. The van der Waals surface area contributed by atoms with Gasteiger partial charge in [-0.2, -0.15) is 0 Å². The predicted octanol–water partition coefficient (Wildman–Crippen LogP) is 2.55. The topological polar surface area (TPSA) is 207 Å². The number of phenolic OH excluding ortho intramolecular Hbond substituents is 1. The van der Waals surface area contributed by atoms with Crippen molar-refractivity contribution in [3.8, 4) is 5.75 Å². The standard InChI is InChI=1S/C42H61N5O9/c1-7-21-43-22-20-27(4)36-17-10-8-9-16-35(50)29(6)38(51)32(19-18-28(5)48)39(52)45-37(26(2)3)40(53)44-34(25-30-13-11-14-31(49)24-30)41(54)47-23-12-15-33(46-47)42(55)56-36/h7-11,13-14,16,20,24,26,29,32-38,43,46,49-51H,1,12,15,17-19,21-23,25H2,2-6H3,(H,44,53)(H,45,52)/b10-8+,16-9+,27-20+/t29-,32+,33?,34-,35-,36+,37-,38+/m0/s1. The van der Waals surface area contributed by atoms with E-state index >= 15 is 0 Å². The second kappa shape index (κ2) is 22.8. The van der Waals surface area contributed by atoms with Crippen molar-refractivity contribution in [1.29, 1.82) is 0 Å². The Labute approximate surface area is 330 Å². The first-order valence-electron chi connectivity index (χ1n) is 19.5. The molecule has 1 saturated heterocycles. The van der Waals surface area contributed by atoms with E-state index in [1.54, 1.807) is 57.2 Å². The zero-order valence-corrected chi connectivity index (χ0v) is 33.3. The first-order valence-corrected chi connectivity index (χ1v) is 19.5. The van der Waals surface area contributed by atoms with Crippen LogP contribution in [0, 0.1) is 17.8 Å². The number of nitrogens with one attached hydrogen (secondary N) is 4. The SMILES string of the molecule is C=CCNC/C=C(\C)[C@H]1C/C=C/C=C/[C@H](O)[C@H](C)[C@@H](O)[C@@H](CCC(C)=O)C(=O)N[C@@H](C(C)C)C(=O)N[C@@H](Cc2cccc(O)c2)C(=O)N2CCCC(N2)C(=O)O1. The van der Waals surface area contributed by atoms with Crippen LogP contribution in [0.1, 0.15) is 72.3 Å². The normalized spacial score (nSPS) is 28.9. The Morgan fingerprint density at radius 1 is 1.09 bits per heavy atom. The number of nitrogens with zero attached hydrogens (tertiary/aromatic N) is 1. The van der Waals surface area contributed by atoms with Gasteiger partial charge in [0.05, 0.1) is 18.1 Å². The molecule has 56 heavy (non-hydrogen) atoms. The van der Waals surface area contributed by atoms with Crippen LogP contribution in [-0.4, -0.2) is 106 Å². The first kappa shape index (κ1) is 45.8. The molecule has 3 rings (SSSR count). The highest BCUT2D eigenvalue weighted by Crippen LogP contribution is 2.24. The summed E-state index contributed by atoms with van der Waals surface area (Å²) in [6.07, 6.45) is 8.11. The fraction of sp³-hybridized carbons (Fsp3) is 0.548. The molecule has 3 amide bonds. The van der Waals surface area contributed by atoms with E-state index in [2.05, 4.69) is 28.0 Å². The summed E-state index contributed by atoms with van der Waals surface area (Å²) in [6.45, 7) is 13.3. The van der Waals surface area contributed by atoms with Crippen LogP contribution in [0.4, 0.5) is 0 Å². The van der Waals surface area contributed by atoms with E-state index in [4.69, 9.17) is 4.74 Å². The number of Topliss-reactive ketones (excluding diaryl/α,β-unsaturated/α-hetero) is 1. The molecule has 0 radical (unpaired) electrons. The number of benzene rings is 1. The van der Waals surface area contributed by atoms with Crippen molar-refractivity contribution in [2.24, 2.45) is 17.8 Å². The molecular weight excluding hydrogens is 718 g/mol. The van der Waals surface area contributed by atoms with Crippen LogP contribution in [-0.2, 0) is 35.1 Å². The maximum Gasteiger partial charge on any atom is 0.325 e. The smallest absolute Gasteiger partial charge is 0.325 e. The highest BCUT2D eigenvalue weighted by molar-refractivity contribution is 5.93. The van der Waals surface area contributed by atoms with Gasteiger partial charge in [0.15, 0.2) is 0 Å². The lowest BCUT2D eigenvalue weighted by Gasteiger charge is -2.36. The van der Waals surface area contributed by atoms with Crippen LogP contribution in [0.3, 0.4) is 0 Å². The number of phenols is 1. The molecule has 8 atom stereocenters. The van der Waals surface area contributed by atoms with Gasteiger partial charge in [0, 0.05) is 44.8 Å². The number of allylic oxidation sites excluding steroid dienone is 2. The zero-order valence-electron chi connectivity index (χ0n) is 33.3. The monoisotopic (exact) mass is 779 g/mol. The molecule has 14 nitrogen and oxygen atoms in total. The fourth-order valence-corrected chi connectivity index (χ4v) is 6.60. The number of cyclic esters (lactones) is 1. The van der Waals surface area contributed by atoms with Gasteiger partial charge in [0.1, 0.15) is 35.8 Å². The highest BCUT2D eigenvalue weighted by atomic mass is 16.5. The van der Waals surface area contributed by atoms with E-state index in [1.807, 2.05) is 13.0 Å². The molecule has 2 bridgehead atoms. The molecule has 1 fully saturated rings. The molecule has 7 N–H and O–H groups in total. The first-order chi connectivity index (χ1) is 26.6. The van der Waals surface area contributed by atoms with Gasteiger partial charge in [-0.1, -0.05) is 69.4 Å². The summed E-state index contributed by atoms with van der Waals surface area (Å²) < 4.78 is 6.03. The fourth-order valence-electron chi connectivity index (χ4n) is 6.60.